The van der Waals surface area contributed by atoms with Gasteiger partial charge in [0.05, 0.1) is 16.1 Å². The van der Waals surface area contributed by atoms with Crippen molar-refractivity contribution in [3.63, 3.8) is 0 Å². The largest absolute Gasteiger partial charge is 0.398 e. The molecule has 1 amide bonds. The van der Waals surface area contributed by atoms with Gasteiger partial charge in [0, 0.05) is 10.6 Å². The zero-order valence-electron chi connectivity index (χ0n) is 9.81. The van der Waals surface area contributed by atoms with Crippen molar-refractivity contribution in [1.82, 2.24) is 5.32 Å². The molecule has 1 unspecified atom stereocenters. The molecule has 1 aromatic heterocycles. The Hall–Kier alpha value is -1.33. The molecule has 0 bridgehead atoms. The maximum absolute atomic E-state index is 12.1. The van der Waals surface area contributed by atoms with E-state index in [0.29, 0.717) is 15.7 Å². The lowest BCUT2D eigenvalue weighted by Gasteiger charge is -2.13. The highest BCUT2D eigenvalue weighted by Gasteiger charge is 2.15. The number of nitrogens with one attached hydrogen (secondary N) is 1. The average Bonchev–Trinajstić information content (AvgIpc) is 2.86. The third-order valence-electron chi connectivity index (χ3n) is 2.59. The van der Waals surface area contributed by atoms with Crippen LogP contribution in [0.5, 0.6) is 0 Å². The minimum absolute atomic E-state index is 0.00849. The molecular formula is C13H13BrN2OS. The maximum Gasteiger partial charge on any atom is 0.253 e. The van der Waals surface area contributed by atoms with Crippen LogP contribution in [0, 0.1) is 0 Å². The van der Waals surface area contributed by atoms with Gasteiger partial charge < -0.3 is 11.1 Å². The van der Waals surface area contributed by atoms with Crippen LogP contribution in [0.25, 0.3) is 0 Å². The van der Waals surface area contributed by atoms with Crippen LogP contribution in [0.15, 0.2) is 40.2 Å². The molecule has 2 aromatic rings. The number of halogens is 1. The number of hydrogen-bond acceptors (Lipinski definition) is 3. The molecule has 0 fully saturated rings. The summed E-state index contributed by atoms with van der Waals surface area (Å²) in [5.41, 5.74) is 6.87. The lowest BCUT2D eigenvalue weighted by atomic mass is 10.1. The molecule has 94 valence electrons. The van der Waals surface area contributed by atoms with Crippen LogP contribution < -0.4 is 11.1 Å². The number of carbonyl (C=O) groups excluding carboxylic acids is 1. The smallest absolute Gasteiger partial charge is 0.253 e. The van der Waals surface area contributed by atoms with Gasteiger partial charge in [0.1, 0.15) is 0 Å². The van der Waals surface area contributed by atoms with Crippen LogP contribution in [0.1, 0.15) is 28.2 Å². The highest BCUT2D eigenvalue weighted by atomic mass is 79.9. The van der Waals surface area contributed by atoms with Crippen molar-refractivity contribution in [3.05, 3.63) is 50.6 Å². The topological polar surface area (TPSA) is 55.1 Å². The second-order valence-electron chi connectivity index (χ2n) is 3.92. The molecule has 3 N–H and O–H groups in total. The number of anilines is 1. The molecule has 0 radical (unpaired) electrons. The predicted octanol–water partition coefficient (Wildman–Crippen LogP) is 3.58. The number of amides is 1. The maximum atomic E-state index is 12.1. The normalized spacial score (nSPS) is 12.1. The van der Waals surface area contributed by atoms with Crippen LogP contribution in [-0.2, 0) is 0 Å². The van der Waals surface area contributed by atoms with E-state index in [1.165, 1.54) is 0 Å². The molecule has 0 spiro atoms. The van der Waals surface area contributed by atoms with Gasteiger partial charge >= 0.3 is 0 Å². The number of nitrogens with two attached hydrogens (primary N) is 1. The van der Waals surface area contributed by atoms with E-state index in [0.717, 1.165) is 4.88 Å². The summed E-state index contributed by atoms with van der Waals surface area (Å²) in [6, 6.07) is 9.24. The molecule has 1 aromatic carbocycles. The fourth-order valence-corrected chi connectivity index (χ4v) is 2.79. The summed E-state index contributed by atoms with van der Waals surface area (Å²) in [6.07, 6.45) is 0. The number of nitrogen functional groups attached to an aromatic ring is 1. The summed E-state index contributed by atoms with van der Waals surface area (Å²) in [5, 5.41) is 4.95. The molecule has 1 heterocycles. The van der Waals surface area contributed by atoms with Crippen LogP contribution in [0.2, 0.25) is 0 Å². The third-order valence-corrected chi connectivity index (χ3v) is 4.53. The SMILES string of the molecule is CC(NC(=O)c1cccc(N)c1Br)c1cccs1. The van der Waals surface area contributed by atoms with Crippen molar-refractivity contribution in [1.29, 1.82) is 0 Å². The van der Waals surface area contributed by atoms with Gasteiger partial charge in [-0.2, -0.15) is 0 Å². The second kappa shape index (κ2) is 5.54. The summed E-state index contributed by atoms with van der Waals surface area (Å²) in [7, 11) is 0. The van der Waals surface area contributed by atoms with Gasteiger partial charge in [-0.1, -0.05) is 12.1 Å². The van der Waals surface area contributed by atoms with E-state index in [9.17, 15) is 4.79 Å². The van der Waals surface area contributed by atoms with Crippen LogP contribution in [0.3, 0.4) is 0 Å². The molecule has 18 heavy (non-hydrogen) atoms. The molecular weight excluding hydrogens is 312 g/mol. The summed E-state index contributed by atoms with van der Waals surface area (Å²) in [6.45, 7) is 1.96. The minimum atomic E-state index is -0.130. The van der Waals surface area contributed by atoms with E-state index in [1.807, 2.05) is 24.4 Å². The van der Waals surface area contributed by atoms with Gasteiger partial charge in [0.25, 0.3) is 5.91 Å². The molecule has 0 aliphatic rings. The van der Waals surface area contributed by atoms with Crippen LogP contribution >= 0.6 is 27.3 Å². The standard InChI is InChI=1S/C13H13BrN2OS/c1-8(11-6-3-7-18-11)16-13(17)9-4-2-5-10(15)12(9)14/h2-8H,15H2,1H3,(H,16,17). The van der Waals surface area contributed by atoms with Crippen molar-refractivity contribution in [2.75, 3.05) is 5.73 Å². The first-order valence-corrected chi connectivity index (χ1v) is 7.15. The Balaban J connectivity index is 2.15. The fourth-order valence-electron chi connectivity index (χ4n) is 1.61. The van der Waals surface area contributed by atoms with Gasteiger partial charge in [-0.25, -0.2) is 0 Å². The Morgan fingerprint density at radius 1 is 1.39 bits per heavy atom. The van der Waals surface area contributed by atoms with Crippen molar-refractivity contribution < 1.29 is 4.79 Å². The number of rotatable bonds is 3. The van der Waals surface area contributed by atoms with Gasteiger partial charge in [0.15, 0.2) is 0 Å². The molecule has 0 saturated heterocycles. The van der Waals surface area contributed by atoms with E-state index in [4.69, 9.17) is 5.73 Å². The zero-order valence-corrected chi connectivity index (χ0v) is 12.2. The Morgan fingerprint density at radius 2 is 2.17 bits per heavy atom. The first-order valence-electron chi connectivity index (χ1n) is 5.48. The molecule has 3 nitrogen and oxygen atoms in total. The molecule has 5 heteroatoms. The molecule has 1 atom stereocenters. The van der Waals surface area contributed by atoms with E-state index >= 15 is 0 Å². The molecule has 0 saturated carbocycles. The minimum Gasteiger partial charge on any atom is -0.398 e. The summed E-state index contributed by atoms with van der Waals surface area (Å²) >= 11 is 4.96. The van der Waals surface area contributed by atoms with Gasteiger partial charge in [-0.05, 0) is 46.4 Å². The number of carbonyl (C=O) groups is 1. The first-order chi connectivity index (χ1) is 8.59. The van der Waals surface area contributed by atoms with Gasteiger partial charge in [0.2, 0.25) is 0 Å². The second-order valence-corrected chi connectivity index (χ2v) is 5.69. The van der Waals surface area contributed by atoms with Crippen LogP contribution in [0.4, 0.5) is 5.69 Å². The van der Waals surface area contributed by atoms with Crippen molar-refractivity contribution in [3.8, 4) is 0 Å². The average molecular weight is 325 g/mol. The van der Waals surface area contributed by atoms with Crippen molar-refractivity contribution in [2.24, 2.45) is 0 Å². The predicted molar refractivity (Wildman–Crippen MR) is 78.8 cm³/mol. The molecule has 0 aliphatic carbocycles. The van der Waals surface area contributed by atoms with E-state index < -0.39 is 0 Å². The van der Waals surface area contributed by atoms with E-state index in [2.05, 4.69) is 21.2 Å². The highest BCUT2D eigenvalue weighted by molar-refractivity contribution is 9.10. The Bertz CT molecular complexity index is 554. The molecule has 2 rings (SSSR count). The van der Waals surface area contributed by atoms with Crippen molar-refractivity contribution >= 4 is 38.9 Å². The quantitative estimate of drug-likeness (QED) is 0.848. The fraction of sp³-hybridized carbons (Fsp3) is 0.154. The third kappa shape index (κ3) is 2.73. The van der Waals surface area contributed by atoms with E-state index in [1.54, 1.807) is 29.5 Å². The van der Waals surface area contributed by atoms with Crippen molar-refractivity contribution in [2.45, 2.75) is 13.0 Å². The monoisotopic (exact) mass is 324 g/mol. The summed E-state index contributed by atoms with van der Waals surface area (Å²) in [5.74, 6) is -0.130. The lowest BCUT2D eigenvalue weighted by molar-refractivity contribution is 0.0940. The highest BCUT2D eigenvalue weighted by Crippen LogP contribution is 2.25. The van der Waals surface area contributed by atoms with Gasteiger partial charge in [-0.15, -0.1) is 11.3 Å². The number of hydrogen-bond donors (Lipinski definition) is 2. The Labute approximate surface area is 118 Å². The summed E-state index contributed by atoms with van der Waals surface area (Å²) < 4.78 is 0.640. The van der Waals surface area contributed by atoms with Gasteiger partial charge in [-0.3, -0.25) is 4.79 Å². The summed E-state index contributed by atoms with van der Waals surface area (Å²) in [4.78, 5) is 13.3. The Kier molecular flexibility index (Phi) is 4.04. The Morgan fingerprint density at radius 3 is 2.83 bits per heavy atom. The molecule has 0 aliphatic heterocycles. The number of benzene rings is 1. The van der Waals surface area contributed by atoms with E-state index in [-0.39, 0.29) is 11.9 Å². The number of thiophene rings is 1. The lowest BCUT2D eigenvalue weighted by Crippen LogP contribution is -2.26. The van der Waals surface area contributed by atoms with Crippen LogP contribution in [-0.4, -0.2) is 5.91 Å². The zero-order chi connectivity index (χ0) is 13.1. The first kappa shape index (κ1) is 13.1.